The lowest BCUT2D eigenvalue weighted by Gasteiger charge is -2.28. The summed E-state index contributed by atoms with van der Waals surface area (Å²) in [5.41, 5.74) is 3.46. The van der Waals surface area contributed by atoms with Crippen molar-refractivity contribution in [1.82, 2.24) is 9.97 Å². The van der Waals surface area contributed by atoms with Crippen LogP contribution in [-0.2, 0) is 11.6 Å². The Hall–Kier alpha value is -3.20. The van der Waals surface area contributed by atoms with E-state index in [1.807, 2.05) is 0 Å². The van der Waals surface area contributed by atoms with Gasteiger partial charge in [0.1, 0.15) is 5.69 Å². The van der Waals surface area contributed by atoms with E-state index >= 15 is 0 Å². The molecule has 3 rings (SSSR count). The second-order valence-electron chi connectivity index (χ2n) is 7.75. The van der Waals surface area contributed by atoms with Gasteiger partial charge in [-0.1, -0.05) is 19.9 Å². The Morgan fingerprint density at radius 1 is 1.20 bits per heavy atom. The zero-order chi connectivity index (χ0) is 22.4. The Balaban J connectivity index is 2.33. The van der Waals surface area contributed by atoms with Crippen molar-refractivity contribution in [2.75, 3.05) is 6.61 Å². The summed E-state index contributed by atoms with van der Waals surface area (Å²) in [6, 6.07) is 4.90. The fourth-order valence-corrected chi connectivity index (χ4v) is 3.41. The summed E-state index contributed by atoms with van der Waals surface area (Å²) >= 11 is 0. The molecule has 0 spiro atoms. The van der Waals surface area contributed by atoms with Gasteiger partial charge in [0.15, 0.2) is 5.43 Å². The van der Waals surface area contributed by atoms with Gasteiger partial charge in [0, 0.05) is 28.9 Å². The van der Waals surface area contributed by atoms with Gasteiger partial charge in [-0.05, 0) is 30.2 Å². The van der Waals surface area contributed by atoms with Crippen LogP contribution in [0.1, 0.15) is 41.0 Å². The number of H-pyrrole nitrogens is 1. The zero-order valence-corrected chi connectivity index (χ0v) is 16.5. The molecule has 2 heterocycles. The average Bonchev–Trinajstić information content (AvgIpc) is 2.66. The number of amides is 1. The summed E-state index contributed by atoms with van der Waals surface area (Å²) in [6.45, 7) is 4.20. The summed E-state index contributed by atoms with van der Waals surface area (Å²) in [5, 5.41) is 9.55. The molecule has 0 radical (unpaired) electrons. The molecular formula is C21H20F3N3O3. The predicted octanol–water partition coefficient (Wildman–Crippen LogP) is 3.29. The predicted molar refractivity (Wildman–Crippen MR) is 106 cm³/mol. The van der Waals surface area contributed by atoms with Crippen LogP contribution in [0.15, 0.2) is 35.3 Å². The largest absolute Gasteiger partial charge is 0.416 e. The van der Waals surface area contributed by atoms with E-state index in [1.165, 1.54) is 32.2 Å². The van der Waals surface area contributed by atoms with Crippen LogP contribution in [0.25, 0.3) is 22.2 Å². The van der Waals surface area contributed by atoms with Gasteiger partial charge < -0.3 is 15.8 Å². The number of nitrogens with two attached hydrogens (primary N) is 1. The lowest BCUT2D eigenvalue weighted by Crippen LogP contribution is -2.27. The Bertz CT molecular complexity index is 1210. The van der Waals surface area contributed by atoms with Crippen LogP contribution >= 0.6 is 0 Å². The molecular weight excluding hydrogens is 399 g/mol. The Morgan fingerprint density at radius 3 is 2.43 bits per heavy atom. The lowest BCUT2D eigenvalue weighted by molar-refractivity contribution is -0.138. The van der Waals surface area contributed by atoms with E-state index < -0.39 is 35.1 Å². The van der Waals surface area contributed by atoms with Crippen LogP contribution in [0.5, 0.6) is 0 Å². The number of aryl methyl sites for hydroxylation is 1. The number of hydrogen-bond acceptors (Lipinski definition) is 4. The molecule has 0 fully saturated rings. The highest BCUT2D eigenvalue weighted by Gasteiger charge is 2.38. The maximum atomic E-state index is 13.8. The first kappa shape index (κ1) is 21.5. The van der Waals surface area contributed by atoms with E-state index in [0.717, 1.165) is 12.1 Å². The van der Waals surface area contributed by atoms with E-state index in [-0.39, 0.29) is 33.4 Å². The third-order valence-corrected chi connectivity index (χ3v) is 5.06. The fourth-order valence-electron chi connectivity index (χ4n) is 3.41. The Morgan fingerprint density at radius 2 is 1.87 bits per heavy atom. The van der Waals surface area contributed by atoms with Crippen LogP contribution < -0.4 is 11.2 Å². The highest BCUT2D eigenvalue weighted by molar-refractivity contribution is 6.03. The quantitative estimate of drug-likeness (QED) is 0.603. The van der Waals surface area contributed by atoms with Crippen LogP contribution in [0.3, 0.4) is 0 Å². The minimum Gasteiger partial charge on any atom is -0.395 e. The van der Waals surface area contributed by atoms with E-state index in [4.69, 9.17) is 5.73 Å². The van der Waals surface area contributed by atoms with Crippen molar-refractivity contribution in [3.63, 3.8) is 0 Å². The first-order valence-corrected chi connectivity index (χ1v) is 9.02. The van der Waals surface area contributed by atoms with Crippen LogP contribution in [0.2, 0.25) is 0 Å². The first-order chi connectivity index (χ1) is 13.9. The summed E-state index contributed by atoms with van der Waals surface area (Å²) in [6.07, 6.45) is -3.38. The third-order valence-electron chi connectivity index (χ3n) is 5.06. The van der Waals surface area contributed by atoms with Crippen molar-refractivity contribution >= 4 is 16.8 Å². The van der Waals surface area contributed by atoms with Gasteiger partial charge in [-0.25, -0.2) is 0 Å². The number of aliphatic hydroxyl groups excluding tert-OH is 1. The van der Waals surface area contributed by atoms with Gasteiger partial charge in [0.05, 0.1) is 23.1 Å². The third kappa shape index (κ3) is 3.68. The van der Waals surface area contributed by atoms with Gasteiger partial charge >= 0.3 is 6.18 Å². The Kier molecular flexibility index (Phi) is 5.19. The smallest absolute Gasteiger partial charge is 0.395 e. The van der Waals surface area contributed by atoms with Crippen LogP contribution in [-0.4, -0.2) is 27.6 Å². The molecule has 0 saturated heterocycles. The number of nitrogens with zero attached hydrogens (tertiary/aromatic N) is 1. The van der Waals surface area contributed by atoms with E-state index in [0.29, 0.717) is 5.56 Å². The number of nitrogens with one attached hydrogen (secondary N) is 1. The van der Waals surface area contributed by atoms with Crippen molar-refractivity contribution in [3.05, 3.63) is 63.1 Å². The monoisotopic (exact) mass is 419 g/mol. The maximum absolute atomic E-state index is 13.8. The number of primary amides is 1. The van der Waals surface area contributed by atoms with E-state index in [9.17, 15) is 27.9 Å². The first-order valence-electron chi connectivity index (χ1n) is 9.02. The molecule has 0 unspecified atom stereocenters. The number of aromatic amines is 1. The number of aliphatic hydroxyl groups is 1. The van der Waals surface area contributed by atoms with Gasteiger partial charge in [-0.15, -0.1) is 0 Å². The topological polar surface area (TPSA) is 109 Å². The second-order valence-corrected chi connectivity index (χ2v) is 7.75. The minimum atomic E-state index is -4.66. The number of hydrogen-bond donors (Lipinski definition) is 3. The molecule has 6 nitrogen and oxygen atoms in total. The van der Waals surface area contributed by atoms with Gasteiger partial charge in [-0.2, -0.15) is 13.2 Å². The average molecular weight is 419 g/mol. The van der Waals surface area contributed by atoms with E-state index in [2.05, 4.69) is 9.97 Å². The molecule has 9 heteroatoms. The number of halogens is 3. The van der Waals surface area contributed by atoms with Gasteiger partial charge in [-0.3, -0.25) is 14.6 Å². The number of pyridine rings is 2. The molecule has 0 saturated carbocycles. The Labute approximate surface area is 169 Å². The van der Waals surface area contributed by atoms with Gasteiger partial charge in [0.25, 0.3) is 5.91 Å². The normalized spacial score (nSPS) is 12.4. The van der Waals surface area contributed by atoms with E-state index in [1.54, 1.807) is 6.92 Å². The number of benzene rings is 1. The fraction of sp³-hybridized carbons (Fsp3) is 0.286. The number of aromatic nitrogens is 2. The molecule has 0 aliphatic heterocycles. The van der Waals surface area contributed by atoms with Gasteiger partial charge in [0.2, 0.25) is 0 Å². The number of rotatable bonds is 4. The minimum absolute atomic E-state index is 0.0273. The van der Waals surface area contributed by atoms with Crippen LogP contribution in [0, 0.1) is 6.92 Å². The second kappa shape index (κ2) is 7.24. The lowest BCUT2D eigenvalue weighted by atomic mass is 9.80. The highest BCUT2D eigenvalue weighted by Crippen LogP contribution is 2.41. The van der Waals surface area contributed by atoms with Crippen molar-refractivity contribution in [1.29, 1.82) is 0 Å². The number of fused-ring (bicyclic) bond motifs is 1. The molecule has 1 aromatic carbocycles. The molecule has 2 aromatic heterocycles. The summed E-state index contributed by atoms with van der Waals surface area (Å²) in [5.74, 6) is -0.884. The number of alkyl halides is 3. The zero-order valence-electron chi connectivity index (χ0n) is 16.5. The number of carbonyl (C=O) groups excluding carboxylic acids is 1. The van der Waals surface area contributed by atoms with Crippen molar-refractivity contribution in [3.8, 4) is 11.3 Å². The molecule has 0 aliphatic rings. The van der Waals surface area contributed by atoms with Crippen molar-refractivity contribution in [2.45, 2.75) is 32.4 Å². The SMILES string of the molecule is Cc1cc(C(C)(C)CO)c(C(F)(F)F)cc1-c1cc(=O)c2c(C(N)=O)nccc2[nH]1. The molecule has 0 atom stereocenters. The maximum Gasteiger partial charge on any atom is 0.416 e. The van der Waals surface area contributed by atoms with Crippen molar-refractivity contribution in [2.24, 2.45) is 5.73 Å². The van der Waals surface area contributed by atoms with Crippen molar-refractivity contribution < 1.29 is 23.1 Å². The molecule has 3 aromatic rings. The molecule has 1 amide bonds. The molecule has 30 heavy (non-hydrogen) atoms. The molecule has 0 aliphatic carbocycles. The molecule has 4 N–H and O–H groups in total. The van der Waals surface area contributed by atoms with Crippen LogP contribution in [0.4, 0.5) is 13.2 Å². The summed E-state index contributed by atoms with van der Waals surface area (Å²) in [4.78, 5) is 30.9. The summed E-state index contributed by atoms with van der Waals surface area (Å²) in [7, 11) is 0. The summed E-state index contributed by atoms with van der Waals surface area (Å²) < 4.78 is 41.4. The molecule has 0 bridgehead atoms. The highest BCUT2D eigenvalue weighted by atomic mass is 19.4. The molecule has 158 valence electrons. The standard InChI is InChI=1S/C21H20F3N3O3/c1-10-6-12(20(2,3)9-28)13(21(22,23)24)7-11(10)15-8-16(29)17-14(27-15)4-5-26-18(17)19(25)30/h4-8,28H,9H2,1-3H3,(H2,25,30)(H,27,29). The number of carbonyl (C=O) groups is 1.